The first-order valence-corrected chi connectivity index (χ1v) is 5.08. The summed E-state index contributed by atoms with van der Waals surface area (Å²) in [6.45, 7) is 10.3. The van der Waals surface area contributed by atoms with Gasteiger partial charge in [0.1, 0.15) is 0 Å². The van der Waals surface area contributed by atoms with Crippen LogP contribution >= 0.6 is 0 Å². The van der Waals surface area contributed by atoms with E-state index >= 15 is 0 Å². The molecule has 2 heteroatoms. The van der Waals surface area contributed by atoms with Crippen molar-refractivity contribution in [2.24, 2.45) is 0 Å². The van der Waals surface area contributed by atoms with Gasteiger partial charge in [-0.15, -0.1) is 6.58 Å². The van der Waals surface area contributed by atoms with Crippen molar-refractivity contribution in [2.45, 2.75) is 32.7 Å². The highest BCUT2D eigenvalue weighted by Crippen LogP contribution is 2.05. The topological polar surface area (TPSA) is 15.3 Å². The van der Waals surface area contributed by atoms with Crippen LogP contribution in [0.15, 0.2) is 12.2 Å². The molecular weight excluding hydrogens is 160 g/mol. The first-order chi connectivity index (χ1) is 6.06. The Morgan fingerprint density at radius 3 is 2.46 bits per heavy atom. The number of hydrogen-bond donors (Lipinski definition) is 1. The van der Waals surface area contributed by atoms with Gasteiger partial charge in [0.25, 0.3) is 0 Å². The number of likely N-dealkylation sites (N-methyl/N-ethyl adjacent to an activating group) is 2. The minimum absolute atomic E-state index is 0.608. The zero-order valence-electron chi connectivity index (χ0n) is 9.56. The summed E-state index contributed by atoms with van der Waals surface area (Å²) in [7, 11) is 4.23. The Morgan fingerprint density at radius 1 is 1.46 bits per heavy atom. The van der Waals surface area contributed by atoms with E-state index in [-0.39, 0.29) is 0 Å². The van der Waals surface area contributed by atoms with Gasteiger partial charge in [0.15, 0.2) is 0 Å². The van der Waals surface area contributed by atoms with Gasteiger partial charge in [-0.05, 0) is 40.4 Å². The Balaban J connectivity index is 3.72. The summed E-state index contributed by atoms with van der Waals surface area (Å²) in [5.41, 5.74) is 1.28. The SMILES string of the molecule is C=C(C)CCC(CN(C)C)NCC. The first kappa shape index (κ1) is 12.7. The molecule has 1 N–H and O–H groups in total. The van der Waals surface area contributed by atoms with Crippen molar-refractivity contribution in [1.82, 2.24) is 10.2 Å². The molecule has 0 saturated carbocycles. The lowest BCUT2D eigenvalue weighted by molar-refractivity contribution is 0.329. The van der Waals surface area contributed by atoms with E-state index < -0.39 is 0 Å². The summed E-state index contributed by atoms with van der Waals surface area (Å²) in [5.74, 6) is 0. The fraction of sp³-hybridized carbons (Fsp3) is 0.818. The van der Waals surface area contributed by atoms with Crippen LogP contribution in [0.4, 0.5) is 0 Å². The van der Waals surface area contributed by atoms with Gasteiger partial charge in [-0.25, -0.2) is 0 Å². The number of hydrogen-bond acceptors (Lipinski definition) is 2. The molecule has 0 amide bonds. The summed E-state index contributed by atoms with van der Waals surface area (Å²) in [4.78, 5) is 2.23. The highest BCUT2D eigenvalue weighted by molar-refractivity contribution is 4.89. The Morgan fingerprint density at radius 2 is 2.08 bits per heavy atom. The van der Waals surface area contributed by atoms with E-state index in [1.165, 1.54) is 12.0 Å². The lowest BCUT2D eigenvalue weighted by atomic mass is 10.1. The Labute approximate surface area is 83.0 Å². The second-order valence-corrected chi connectivity index (χ2v) is 4.01. The third-order valence-electron chi connectivity index (χ3n) is 2.00. The summed E-state index contributed by atoms with van der Waals surface area (Å²) >= 11 is 0. The van der Waals surface area contributed by atoms with E-state index in [0.717, 1.165) is 19.5 Å². The lowest BCUT2D eigenvalue weighted by Gasteiger charge is -2.21. The molecule has 0 fully saturated rings. The van der Waals surface area contributed by atoms with Gasteiger partial charge < -0.3 is 10.2 Å². The first-order valence-electron chi connectivity index (χ1n) is 5.08. The van der Waals surface area contributed by atoms with Crippen molar-refractivity contribution in [3.8, 4) is 0 Å². The molecule has 2 nitrogen and oxygen atoms in total. The van der Waals surface area contributed by atoms with E-state index in [4.69, 9.17) is 0 Å². The molecule has 78 valence electrons. The molecule has 0 rings (SSSR count). The second kappa shape index (κ2) is 7.10. The Kier molecular flexibility index (Phi) is 6.92. The largest absolute Gasteiger partial charge is 0.313 e. The second-order valence-electron chi connectivity index (χ2n) is 4.01. The maximum absolute atomic E-state index is 3.92. The van der Waals surface area contributed by atoms with E-state index in [1.807, 2.05) is 0 Å². The van der Waals surface area contributed by atoms with Crippen molar-refractivity contribution < 1.29 is 0 Å². The maximum atomic E-state index is 3.92. The van der Waals surface area contributed by atoms with Crippen LogP contribution in [-0.2, 0) is 0 Å². The van der Waals surface area contributed by atoms with Crippen LogP contribution in [0.25, 0.3) is 0 Å². The van der Waals surface area contributed by atoms with Crippen LogP contribution in [0, 0.1) is 0 Å². The number of allylic oxidation sites excluding steroid dienone is 1. The van der Waals surface area contributed by atoms with Crippen molar-refractivity contribution >= 4 is 0 Å². The average molecular weight is 184 g/mol. The molecule has 0 aromatic rings. The van der Waals surface area contributed by atoms with Crippen LogP contribution in [0.5, 0.6) is 0 Å². The predicted molar refractivity (Wildman–Crippen MR) is 60.1 cm³/mol. The van der Waals surface area contributed by atoms with Crippen LogP contribution in [0.3, 0.4) is 0 Å². The molecule has 0 saturated heterocycles. The smallest absolute Gasteiger partial charge is 0.0197 e. The van der Waals surface area contributed by atoms with E-state index in [2.05, 4.69) is 44.7 Å². The van der Waals surface area contributed by atoms with E-state index in [1.54, 1.807) is 0 Å². The third-order valence-corrected chi connectivity index (χ3v) is 2.00. The normalized spacial score (nSPS) is 13.3. The number of nitrogens with one attached hydrogen (secondary N) is 1. The molecule has 0 heterocycles. The van der Waals surface area contributed by atoms with Crippen LogP contribution in [-0.4, -0.2) is 38.1 Å². The van der Waals surface area contributed by atoms with Gasteiger partial charge >= 0.3 is 0 Å². The molecule has 13 heavy (non-hydrogen) atoms. The zero-order chi connectivity index (χ0) is 10.3. The van der Waals surface area contributed by atoms with E-state index in [0.29, 0.717) is 6.04 Å². The van der Waals surface area contributed by atoms with Crippen molar-refractivity contribution in [3.05, 3.63) is 12.2 Å². The van der Waals surface area contributed by atoms with Gasteiger partial charge in [-0.2, -0.15) is 0 Å². The molecule has 0 aliphatic heterocycles. The van der Waals surface area contributed by atoms with Crippen LogP contribution < -0.4 is 5.32 Å². The zero-order valence-corrected chi connectivity index (χ0v) is 9.56. The maximum Gasteiger partial charge on any atom is 0.0197 e. The molecule has 0 spiro atoms. The standard InChI is InChI=1S/C11H24N2/c1-6-12-11(9-13(4)5)8-7-10(2)3/h11-12H,2,6-9H2,1,3-5H3. The quantitative estimate of drug-likeness (QED) is 0.608. The number of nitrogens with zero attached hydrogens (tertiary/aromatic N) is 1. The fourth-order valence-corrected chi connectivity index (χ4v) is 1.41. The fourth-order valence-electron chi connectivity index (χ4n) is 1.41. The van der Waals surface area contributed by atoms with Crippen LogP contribution in [0.1, 0.15) is 26.7 Å². The molecule has 0 aromatic carbocycles. The predicted octanol–water partition coefficient (Wildman–Crippen LogP) is 1.88. The Hall–Kier alpha value is -0.340. The van der Waals surface area contributed by atoms with Crippen molar-refractivity contribution in [2.75, 3.05) is 27.2 Å². The van der Waals surface area contributed by atoms with Gasteiger partial charge in [-0.1, -0.05) is 12.5 Å². The molecule has 1 unspecified atom stereocenters. The molecule has 1 atom stereocenters. The summed E-state index contributed by atoms with van der Waals surface area (Å²) < 4.78 is 0. The van der Waals surface area contributed by atoms with Crippen molar-refractivity contribution in [3.63, 3.8) is 0 Å². The molecular formula is C11H24N2. The van der Waals surface area contributed by atoms with Gasteiger partial charge in [0.2, 0.25) is 0 Å². The molecule has 0 bridgehead atoms. The van der Waals surface area contributed by atoms with Crippen LogP contribution in [0.2, 0.25) is 0 Å². The van der Waals surface area contributed by atoms with Gasteiger partial charge in [0, 0.05) is 12.6 Å². The molecule has 0 radical (unpaired) electrons. The summed E-state index contributed by atoms with van der Waals surface area (Å²) in [6, 6.07) is 0.608. The average Bonchev–Trinajstić information content (AvgIpc) is 1.99. The summed E-state index contributed by atoms with van der Waals surface area (Å²) in [6.07, 6.45) is 2.33. The third kappa shape index (κ3) is 8.00. The summed E-state index contributed by atoms with van der Waals surface area (Å²) in [5, 5.41) is 3.49. The minimum Gasteiger partial charge on any atom is -0.313 e. The minimum atomic E-state index is 0.608. The monoisotopic (exact) mass is 184 g/mol. The highest BCUT2D eigenvalue weighted by atomic mass is 15.1. The molecule has 0 aromatic heterocycles. The van der Waals surface area contributed by atoms with E-state index in [9.17, 15) is 0 Å². The molecule has 0 aliphatic rings. The lowest BCUT2D eigenvalue weighted by Crippen LogP contribution is -2.38. The number of rotatable bonds is 7. The highest BCUT2D eigenvalue weighted by Gasteiger charge is 2.07. The Bertz CT molecular complexity index is 141. The molecule has 0 aliphatic carbocycles. The van der Waals surface area contributed by atoms with Gasteiger partial charge in [0.05, 0.1) is 0 Å². The van der Waals surface area contributed by atoms with Crippen molar-refractivity contribution in [1.29, 1.82) is 0 Å². The van der Waals surface area contributed by atoms with Gasteiger partial charge in [-0.3, -0.25) is 0 Å².